The lowest BCUT2D eigenvalue weighted by molar-refractivity contribution is -0.151. The molecule has 2 atom stereocenters. The van der Waals surface area contributed by atoms with Gasteiger partial charge in [0, 0.05) is 25.4 Å². The van der Waals surface area contributed by atoms with Gasteiger partial charge in [0.05, 0.1) is 13.0 Å². The number of piperidine rings is 1. The van der Waals surface area contributed by atoms with Gasteiger partial charge in [-0.2, -0.15) is 0 Å². The van der Waals surface area contributed by atoms with Crippen LogP contribution in [0.15, 0.2) is 54.6 Å². The van der Waals surface area contributed by atoms with Crippen molar-refractivity contribution in [2.45, 2.75) is 18.9 Å². The predicted molar refractivity (Wildman–Crippen MR) is 91.1 cm³/mol. The summed E-state index contributed by atoms with van der Waals surface area (Å²) in [6, 6.07) is 15.6. The Kier molecular flexibility index (Phi) is 5.12. The van der Waals surface area contributed by atoms with E-state index in [0.29, 0.717) is 13.1 Å². The Hall–Kier alpha value is -2.69. The maximum atomic E-state index is 13.2. The number of amides is 1. The SMILES string of the molecule is COC(=O)[C@H]1CN(Cc2ccccc2)C(=O)C[C@H]1c1ccc(F)cc1. The standard InChI is InChI=1S/C20H20FNO3/c1-25-20(24)18-13-22(12-14-5-3-2-4-6-14)19(23)11-17(18)15-7-9-16(21)10-8-15/h2-10,17-18H,11-13H2,1H3/t17-,18-/m0/s1. The van der Waals surface area contributed by atoms with E-state index in [9.17, 15) is 14.0 Å². The molecule has 0 N–H and O–H groups in total. The third-order valence-corrected chi connectivity index (χ3v) is 4.67. The summed E-state index contributed by atoms with van der Waals surface area (Å²) in [6.07, 6.45) is 0.207. The first kappa shape index (κ1) is 17.1. The van der Waals surface area contributed by atoms with E-state index in [0.717, 1.165) is 11.1 Å². The smallest absolute Gasteiger partial charge is 0.311 e. The molecule has 1 aliphatic rings. The van der Waals surface area contributed by atoms with Crippen molar-refractivity contribution in [3.8, 4) is 0 Å². The zero-order valence-electron chi connectivity index (χ0n) is 14.0. The number of hydrogen-bond acceptors (Lipinski definition) is 3. The predicted octanol–water partition coefficient (Wildman–Crippen LogP) is 3.13. The van der Waals surface area contributed by atoms with Gasteiger partial charge < -0.3 is 9.64 Å². The number of methoxy groups -OCH3 is 1. The first-order valence-corrected chi connectivity index (χ1v) is 8.23. The van der Waals surface area contributed by atoms with E-state index in [1.807, 2.05) is 30.3 Å². The van der Waals surface area contributed by atoms with Crippen molar-refractivity contribution in [3.63, 3.8) is 0 Å². The number of carbonyl (C=O) groups excluding carboxylic acids is 2. The summed E-state index contributed by atoms with van der Waals surface area (Å²) in [5.41, 5.74) is 1.80. The van der Waals surface area contributed by atoms with Gasteiger partial charge in [-0.25, -0.2) is 4.39 Å². The van der Waals surface area contributed by atoms with Gasteiger partial charge in [-0.15, -0.1) is 0 Å². The highest BCUT2D eigenvalue weighted by molar-refractivity contribution is 5.83. The lowest BCUT2D eigenvalue weighted by Crippen LogP contribution is -2.46. The van der Waals surface area contributed by atoms with E-state index in [1.165, 1.54) is 19.2 Å². The van der Waals surface area contributed by atoms with E-state index in [4.69, 9.17) is 4.74 Å². The lowest BCUT2D eigenvalue weighted by atomic mass is 9.80. The lowest BCUT2D eigenvalue weighted by Gasteiger charge is -2.37. The molecule has 1 heterocycles. The topological polar surface area (TPSA) is 46.6 Å². The Morgan fingerprint density at radius 3 is 2.48 bits per heavy atom. The van der Waals surface area contributed by atoms with Crippen LogP contribution >= 0.6 is 0 Å². The molecular weight excluding hydrogens is 321 g/mol. The number of nitrogens with zero attached hydrogens (tertiary/aromatic N) is 1. The van der Waals surface area contributed by atoms with Crippen LogP contribution in [0.2, 0.25) is 0 Å². The number of ether oxygens (including phenoxy) is 1. The zero-order valence-corrected chi connectivity index (χ0v) is 14.0. The van der Waals surface area contributed by atoms with Crippen molar-refractivity contribution >= 4 is 11.9 Å². The van der Waals surface area contributed by atoms with Crippen molar-refractivity contribution in [3.05, 3.63) is 71.5 Å². The fourth-order valence-corrected chi connectivity index (χ4v) is 3.33. The zero-order chi connectivity index (χ0) is 17.8. The minimum Gasteiger partial charge on any atom is -0.469 e. The number of halogens is 1. The second-order valence-corrected chi connectivity index (χ2v) is 6.25. The largest absolute Gasteiger partial charge is 0.469 e. The maximum absolute atomic E-state index is 13.2. The van der Waals surface area contributed by atoms with E-state index < -0.39 is 5.92 Å². The van der Waals surface area contributed by atoms with Crippen molar-refractivity contribution in [2.75, 3.05) is 13.7 Å². The molecule has 4 nitrogen and oxygen atoms in total. The number of hydrogen-bond donors (Lipinski definition) is 0. The van der Waals surface area contributed by atoms with Gasteiger partial charge >= 0.3 is 5.97 Å². The van der Waals surface area contributed by atoms with Gasteiger partial charge in [-0.05, 0) is 23.3 Å². The third kappa shape index (κ3) is 3.87. The molecule has 2 aromatic rings. The Morgan fingerprint density at radius 2 is 1.84 bits per heavy atom. The summed E-state index contributed by atoms with van der Waals surface area (Å²) >= 11 is 0. The van der Waals surface area contributed by atoms with Crippen LogP contribution in [-0.2, 0) is 20.9 Å². The molecule has 130 valence electrons. The van der Waals surface area contributed by atoms with Crippen LogP contribution in [0.5, 0.6) is 0 Å². The molecule has 5 heteroatoms. The highest BCUT2D eigenvalue weighted by Gasteiger charge is 2.39. The minimum absolute atomic E-state index is 0.0154. The number of esters is 1. The van der Waals surface area contributed by atoms with Crippen LogP contribution in [0.25, 0.3) is 0 Å². The summed E-state index contributed by atoms with van der Waals surface area (Å²) in [6.45, 7) is 0.756. The molecule has 0 aliphatic carbocycles. The number of likely N-dealkylation sites (tertiary alicyclic amines) is 1. The van der Waals surface area contributed by atoms with E-state index in [2.05, 4.69) is 0 Å². The van der Waals surface area contributed by atoms with Gasteiger partial charge in [0.25, 0.3) is 0 Å². The molecule has 2 aromatic carbocycles. The molecule has 0 unspecified atom stereocenters. The highest BCUT2D eigenvalue weighted by Crippen LogP contribution is 2.35. The molecule has 1 aliphatic heterocycles. The first-order valence-electron chi connectivity index (χ1n) is 8.23. The van der Waals surface area contributed by atoms with E-state index >= 15 is 0 Å². The fourth-order valence-electron chi connectivity index (χ4n) is 3.33. The monoisotopic (exact) mass is 341 g/mol. The number of rotatable bonds is 4. The second-order valence-electron chi connectivity index (χ2n) is 6.25. The van der Waals surface area contributed by atoms with E-state index in [1.54, 1.807) is 17.0 Å². The van der Waals surface area contributed by atoms with Crippen LogP contribution in [0.4, 0.5) is 4.39 Å². The van der Waals surface area contributed by atoms with Crippen LogP contribution in [0.1, 0.15) is 23.5 Å². The molecule has 1 fully saturated rings. The highest BCUT2D eigenvalue weighted by atomic mass is 19.1. The maximum Gasteiger partial charge on any atom is 0.311 e. The summed E-state index contributed by atoms with van der Waals surface area (Å²) in [5.74, 6) is -1.46. The van der Waals surface area contributed by atoms with Crippen molar-refractivity contribution < 1.29 is 18.7 Å². The average Bonchev–Trinajstić information content (AvgIpc) is 2.64. The van der Waals surface area contributed by atoms with Crippen LogP contribution in [-0.4, -0.2) is 30.4 Å². The van der Waals surface area contributed by atoms with Gasteiger partial charge in [0.1, 0.15) is 5.82 Å². The van der Waals surface area contributed by atoms with Gasteiger partial charge in [0.15, 0.2) is 0 Å². The van der Waals surface area contributed by atoms with Gasteiger partial charge in [-0.3, -0.25) is 9.59 Å². The molecule has 25 heavy (non-hydrogen) atoms. The van der Waals surface area contributed by atoms with Gasteiger partial charge in [0.2, 0.25) is 5.91 Å². The Balaban J connectivity index is 1.83. The van der Waals surface area contributed by atoms with Crippen molar-refractivity contribution in [2.24, 2.45) is 5.92 Å². The Bertz CT molecular complexity index is 745. The number of benzene rings is 2. The molecule has 1 saturated heterocycles. The van der Waals surface area contributed by atoms with Gasteiger partial charge in [-0.1, -0.05) is 42.5 Å². The molecule has 0 bridgehead atoms. The van der Waals surface area contributed by atoms with Crippen LogP contribution in [0.3, 0.4) is 0 Å². The second kappa shape index (κ2) is 7.47. The minimum atomic E-state index is -0.461. The number of carbonyl (C=O) groups is 2. The van der Waals surface area contributed by atoms with Crippen LogP contribution < -0.4 is 0 Å². The molecule has 0 aromatic heterocycles. The quantitative estimate of drug-likeness (QED) is 0.803. The van der Waals surface area contributed by atoms with Crippen molar-refractivity contribution in [1.82, 2.24) is 4.90 Å². The summed E-state index contributed by atoms with van der Waals surface area (Å²) in [5, 5.41) is 0. The normalized spacial score (nSPS) is 20.4. The Morgan fingerprint density at radius 1 is 1.16 bits per heavy atom. The third-order valence-electron chi connectivity index (χ3n) is 4.67. The molecule has 0 saturated carbocycles. The van der Waals surface area contributed by atoms with Crippen LogP contribution in [0, 0.1) is 11.7 Å². The molecule has 0 spiro atoms. The van der Waals surface area contributed by atoms with E-state index in [-0.39, 0.29) is 30.0 Å². The molecular formula is C20H20FNO3. The summed E-state index contributed by atoms with van der Waals surface area (Å²) in [7, 11) is 1.35. The van der Waals surface area contributed by atoms with Crippen molar-refractivity contribution in [1.29, 1.82) is 0 Å². The average molecular weight is 341 g/mol. The summed E-state index contributed by atoms with van der Waals surface area (Å²) < 4.78 is 18.1. The Labute approximate surface area is 146 Å². The molecule has 0 radical (unpaired) electrons. The fraction of sp³-hybridized carbons (Fsp3) is 0.300. The summed E-state index contributed by atoms with van der Waals surface area (Å²) in [4.78, 5) is 26.6. The molecule has 3 rings (SSSR count). The molecule has 1 amide bonds. The first-order chi connectivity index (χ1) is 12.1.